The molecular weight excluding hydrogens is 140 g/mol. The van der Waals surface area contributed by atoms with Crippen LogP contribution >= 0.6 is 11.3 Å². The summed E-state index contributed by atoms with van der Waals surface area (Å²) >= 11 is 0.994. The van der Waals surface area contributed by atoms with Crippen molar-refractivity contribution in [2.45, 2.75) is 0 Å². The molecule has 0 aliphatic carbocycles. The maximum atomic E-state index is 10.1. The Morgan fingerprint density at radius 3 is 2.78 bits per heavy atom. The van der Waals surface area contributed by atoms with E-state index in [0.29, 0.717) is 0 Å². The van der Waals surface area contributed by atoms with Crippen LogP contribution in [0, 0.1) is 5.51 Å². The predicted molar refractivity (Wildman–Crippen MR) is 32.3 cm³/mol. The number of thiazole rings is 1. The zero-order valence-corrected chi connectivity index (χ0v) is 5.10. The van der Waals surface area contributed by atoms with Crippen LogP contribution in [0.25, 0.3) is 0 Å². The second-order valence-corrected chi connectivity index (χ2v) is 2.15. The molecule has 0 saturated heterocycles. The minimum atomic E-state index is -1.11. The van der Waals surface area contributed by atoms with Crippen molar-refractivity contribution in [3.05, 3.63) is 11.2 Å². The minimum absolute atomic E-state index is 0.111. The average Bonchev–Trinajstić information content (AvgIpc) is 2.13. The van der Waals surface area contributed by atoms with Crippen LogP contribution < -0.4 is 5.73 Å². The summed E-state index contributed by atoms with van der Waals surface area (Å²) in [6.07, 6.45) is 0. The van der Waals surface area contributed by atoms with Crippen molar-refractivity contribution in [3.8, 4) is 0 Å². The lowest BCUT2D eigenvalue weighted by Gasteiger charge is -1.84. The van der Waals surface area contributed by atoms with E-state index >= 15 is 0 Å². The Kier molecular flexibility index (Phi) is 1.35. The number of nitrogens with two attached hydrogens (primary N) is 1. The highest BCUT2D eigenvalue weighted by Gasteiger charge is 2.09. The van der Waals surface area contributed by atoms with Gasteiger partial charge in [-0.3, -0.25) is 0 Å². The molecule has 0 bridgehead atoms. The van der Waals surface area contributed by atoms with Crippen molar-refractivity contribution in [2.24, 2.45) is 0 Å². The van der Waals surface area contributed by atoms with Gasteiger partial charge in [-0.2, -0.15) is 0 Å². The Bertz CT molecular complexity index is 232. The monoisotopic (exact) mass is 143 g/mol. The van der Waals surface area contributed by atoms with E-state index in [9.17, 15) is 4.79 Å². The first-order valence-electron chi connectivity index (χ1n) is 2.07. The van der Waals surface area contributed by atoms with E-state index in [0.717, 1.165) is 11.3 Å². The van der Waals surface area contributed by atoms with Gasteiger partial charge in [0.05, 0.1) is 0 Å². The summed E-state index contributed by atoms with van der Waals surface area (Å²) in [7, 11) is 0. The van der Waals surface area contributed by atoms with Crippen molar-refractivity contribution < 1.29 is 9.90 Å². The number of carboxylic acid groups (broad SMARTS) is 1. The predicted octanol–water partition coefficient (Wildman–Crippen LogP) is 0.224. The van der Waals surface area contributed by atoms with E-state index in [2.05, 4.69) is 10.5 Å². The summed E-state index contributed by atoms with van der Waals surface area (Å²) in [4.78, 5) is 13.5. The van der Waals surface area contributed by atoms with Crippen molar-refractivity contribution in [1.82, 2.24) is 4.98 Å². The van der Waals surface area contributed by atoms with Crippen LogP contribution in [0.1, 0.15) is 10.5 Å². The Labute approximate surface area is 55.0 Å². The number of anilines is 1. The molecule has 0 aliphatic heterocycles. The van der Waals surface area contributed by atoms with Crippen molar-refractivity contribution in [2.75, 3.05) is 5.73 Å². The molecule has 0 aliphatic rings. The number of nitrogen functional groups attached to an aromatic ring is 1. The maximum Gasteiger partial charge on any atom is 0.357 e. The lowest BCUT2D eigenvalue weighted by Crippen LogP contribution is -1.99. The highest BCUT2D eigenvalue weighted by atomic mass is 32.1. The SMILES string of the molecule is Nc1s[c]nc1C(=O)O. The highest BCUT2D eigenvalue weighted by Crippen LogP contribution is 2.13. The molecule has 1 heterocycles. The first-order valence-corrected chi connectivity index (χ1v) is 2.89. The van der Waals surface area contributed by atoms with E-state index in [1.807, 2.05) is 0 Å². The summed E-state index contributed by atoms with van der Waals surface area (Å²) in [5.41, 5.74) is 7.44. The number of aromatic nitrogens is 1. The van der Waals surface area contributed by atoms with Gasteiger partial charge < -0.3 is 10.8 Å². The Balaban J connectivity index is 3.08. The highest BCUT2D eigenvalue weighted by molar-refractivity contribution is 7.13. The molecule has 0 aromatic carbocycles. The summed E-state index contributed by atoms with van der Waals surface area (Å²) in [6.45, 7) is 0. The fraction of sp³-hybridized carbons (Fsp3) is 0. The second kappa shape index (κ2) is 2.02. The molecule has 0 amide bonds. The van der Waals surface area contributed by atoms with Crippen LogP contribution in [0.4, 0.5) is 5.00 Å². The molecule has 0 spiro atoms. The normalized spacial score (nSPS) is 9.33. The molecular formula is C4H3N2O2S. The first kappa shape index (κ1) is 6.03. The van der Waals surface area contributed by atoms with Gasteiger partial charge in [0.25, 0.3) is 0 Å². The molecule has 0 saturated carbocycles. The van der Waals surface area contributed by atoms with Gasteiger partial charge in [-0.25, -0.2) is 9.78 Å². The lowest BCUT2D eigenvalue weighted by atomic mass is 10.5. The minimum Gasteiger partial charge on any atom is -0.476 e. The molecule has 47 valence electrons. The molecule has 0 fully saturated rings. The van der Waals surface area contributed by atoms with Gasteiger partial charge in [-0.1, -0.05) is 11.3 Å². The summed E-state index contributed by atoms with van der Waals surface area (Å²) < 4.78 is 0. The fourth-order valence-electron chi connectivity index (χ4n) is 0.374. The second-order valence-electron chi connectivity index (χ2n) is 1.32. The van der Waals surface area contributed by atoms with Gasteiger partial charge in [0.1, 0.15) is 5.00 Å². The number of carboxylic acids is 1. The molecule has 1 radical (unpaired) electrons. The Morgan fingerprint density at radius 2 is 2.56 bits per heavy atom. The molecule has 9 heavy (non-hydrogen) atoms. The van der Waals surface area contributed by atoms with Crippen molar-refractivity contribution in [1.29, 1.82) is 0 Å². The number of hydrogen-bond acceptors (Lipinski definition) is 4. The summed E-state index contributed by atoms with van der Waals surface area (Å²) in [5, 5.41) is 8.50. The smallest absolute Gasteiger partial charge is 0.357 e. The van der Waals surface area contributed by atoms with E-state index in [1.54, 1.807) is 0 Å². The van der Waals surface area contributed by atoms with Crippen LogP contribution in [-0.2, 0) is 0 Å². The van der Waals surface area contributed by atoms with Crippen molar-refractivity contribution in [3.63, 3.8) is 0 Å². The molecule has 0 unspecified atom stereocenters. The largest absolute Gasteiger partial charge is 0.476 e. The molecule has 0 atom stereocenters. The topological polar surface area (TPSA) is 76.2 Å². The summed E-state index contributed by atoms with van der Waals surface area (Å²) in [5.74, 6) is -1.11. The maximum absolute atomic E-state index is 10.1. The van der Waals surface area contributed by atoms with Gasteiger partial charge in [0.2, 0.25) is 0 Å². The molecule has 4 nitrogen and oxygen atoms in total. The average molecular weight is 143 g/mol. The quantitative estimate of drug-likeness (QED) is 0.589. The number of nitrogens with zero attached hydrogens (tertiary/aromatic N) is 1. The van der Waals surface area contributed by atoms with Crippen LogP contribution in [0.3, 0.4) is 0 Å². The molecule has 1 aromatic heterocycles. The van der Waals surface area contributed by atoms with E-state index in [-0.39, 0.29) is 10.7 Å². The van der Waals surface area contributed by atoms with E-state index in [4.69, 9.17) is 10.8 Å². The van der Waals surface area contributed by atoms with Crippen LogP contribution in [0.2, 0.25) is 0 Å². The van der Waals surface area contributed by atoms with Gasteiger partial charge in [-0.15, -0.1) is 0 Å². The van der Waals surface area contributed by atoms with Gasteiger partial charge >= 0.3 is 5.97 Å². The third-order valence-electron chi connectivity index (χ3n) is 0.749. The van der Waals surface area contributed by atoms with E-state index < -0.39 is 5.97 Å². The fourth-order valence-corrected chi connectivity index (χ4v) is 0.839. The third kappa shape index (κ3) is 0.996. The zero-order chi connectivity index (χ0) is 6.85. The van der Waals surface area contributed by atoms with Gasteiger partial charge in [-0.05, 0) is 0 Å². The van der Waals surface area contributed by atoms with Gasteiger partial charge in [0, 0.05) is 0 Å². The number of aromatic carboxylic acids is 1. The number of carbonyl (C=O) groups is 1. The zero-order valence-electron chi connectivity index (χ0n) is 4.29. The number of hydrogen-bond donors (Lipinski definition) is 2. The molecule has 5 heteroatoms. The van der Waals surface area contributed by atoms with Crippen LogP contribution in [0.15, 0.2) is 0 Å². The Morgan fingerprint density at radius 1 is 1.89 bits per heavy atom. The number of rotatable bonds is 1. The third-order valence-corrected chi connectivity index (χ3v) is 1.34. The first-order chi connectivity index (χ1) is 4.22. The lowest BCUT2D eigenvalue weighted by molar-refractivity contribution is 0.0692. The Hall–Kier alpha value is -1.10. The molecule has 1 rings (SSSR count). The molecule has 3 N–H and O–H groups in total. The van der Waals surface area contributed by atoms with Crippen LogP contribution in [-0.4, -0.2) is 16.1 Å². The van der Waals surface area contributed by atoms with E-state index in [1.165, 1.54) is 0 Å². The van der Waals surface area contributed by atoms with Crippen LogP contribution in [0.5, 0.6) is 0 Å². The standard InChI is InChI=1S/C4H3N2O2S/c5-3-2(4(7)8)6-1-9-3/h5H2,(H,7,8). The molecule has 1 aromatic rings. The van der Waals surface area contributed by atoms with Gasteiger partial charge in [0.15, 0.2) is 11.2 Å². The van der Waals surface area contributed by atoms with Crippen molar-refractivity contribution >= 4 is 22.3 Å². The summed E-state index contributed by atoms with van der Waals surface area (Å²) in [6, 6.07) is 0.